The maximum Gasteiger partial charge on any atom is 0.120 e. The van der Waals surface area contributed by atoms with Gasteiger partial charge in [0.2, 0.25) is 0 Å². The lowest BCUT2D eigenvalue weighted by molar-refractivity contribution is 0.0339. The molecular weight excluding hydrogens is 382 g/mol. The number of ether oxygens (including phenoxy) is 1. The van der Waals surface area contributed by atoms with Crippen molar-refractivity contribution in [3.63, 3.8) is 0 Å². The van der Waals surface area contributed by atoms with Gasteiger partial charge in [0.15, 0.2) is 0 Å². The number of hydrogen-bond donors (Lipinski definition) is 1. The second-order valence-electron chi connectivity index (χ2n) is 6.26. The van der Waals surface area contributed by atoms with Crippen molar-refractivity contribution in [2.45, 2.75) is 6.54 Å². The van der Waals surface area contributed by atoms with Crippen LogP contribution >= 0.6 is 32.9 Å². The number of hydrogen-bond acceptors (Lipinski definition) is 6. The fourth-order valence-electron chi connectivity index (χ4n) is 3.15. The average molecular weight is 402 g/mol. The van der Waals surface area contributed by atoms with Gasteiger partial charge in [-0.3, -0.25) is 4.90 Å². The Hall–Kier alpha value is -1.57. The Balaban J connectivity index is 1.72. The molecule has 2 heterocycles. The second-order valence-corrected chi connectivity index (χ2v) is 9.07. The van der Waals surface area contributed by atoms with Gasteiger partial charge in [-0.05, 0) is 23.3 Å². The summed E-state index contributed by atoms with van der Waals surface area (Å²) in [5.41, 5.74) is 4.30. The minimum Gasteiger partial charge on any atom is -0.508 e. The van der Waals surface area contributed by atoms with Crippen LogP contribution in [0.2, 0.25) is 0 Å². The van der Waals surface area contributed by atoms with Crippen LogP contribution in [0.4, 0.5) is 0 Å². The van der Waals surface area contributed by atoms with Gasteiger partial charge < -0.3 is 9.84 Å². The summed E-state index contributed by atoms with van der Waals surface area (Å²) < 4.78 is 6.32. The predicted molar refractivity (Wildman–Crippen MR) is 112 cm³/mol. The van der Waals surface area contributed by atoms with Crippen molar-refractivity contribution in [1.29, 1.82) is 0 Å². The highest BCUT2D eigenvalue weighted by atomic mass is 32.9. The topological polar surface area (TPSA) is 32.7 Å². The molecule has 0 aliphatic carbocycles. The third kappa shape index (κ3) is 3.75. The molecule has 0 amide bonds. The van der Waals surface area contributed by atoms with E-state index in [9.17, 15) is 5.11 Å². The van der Waals surface area contributed by atoms with Crippen molar-refractivity contribution < 1.29 is 9.84 Å². The Morgan fingerprint density at radius 1 is 1.00 bits per heavy atom. The Morgan fingerprint density at radius 3 is 2.54 bits per heavy atom. The highest BCUT2D eigenvalue weighted by molar-refractivity contribution is 7.80. The molecule has 0 radical (unpaired) electrons. The van der Waals surface area contributed by atoms with Gasteiger partial charge in [0.25, 0.3) is 0 Å². The van der Waals surface area contributed by atoms with Crippen LogP contribution in [0, 0.1) is 3.82 Å². The molecule has 3 nitrogen and oxygen atoms in total. The first-order chi connectivity index (χ1) is 12.7. The Bertz CT molecular complexity index is 943. The van der Waals surface area contributed by atoms with E-state index in [2.05, 4.69) is 23.1 Å². The normalized spacial score (nSPS) is 15.2. The van der Waals surface area contributed by atoms with Gasteiger partial charge >= 0.3 is 0 Å². The monoisotopic (exact) mass is 401 g/mol. The minimum absolute atomic E-state index is 0.339. The second kappa shape index (κ2) is 7.98. The number of nitrogens with zero attached hydrogens (tertiary/aromatic N) is 1. The van der Waals surface area contributed by atoms with Crippen LogP contribution in [-0.4, -0.2) is 36.3 Å². The zero-order valence-corrected chi connectivity index (χ0v) is 16.6. The number of aromatic hydroxyl groups is 1. The quantitative estimate of drug-likeness (QED) is 0.468. The summed E-state index contributed by atoms with van der Waals surface area (Å²) in [6.45, 7) is 4.02. The molecule has 0 unspecified atom stereocenters. The first-order valence-electron chi connectivity index (χ1n) is 8.53. The van der Waals surface area contributed by atoms with Crippen molar-refractivity contribution in [3.05, 3.63) is 57.9 Å². The van der Waals surface area contributed by atoms with Crippen LogP contribution in [0.3, 0.4) is 0 Å². The SMILES string of the molecule is Oc1ccc(-c2c(-c3ccccc3)ssc2=S)cc1CN1CCOCC1. The average Bonchev–Trinajstić information content (AvgIpc) is 3.07. The summed E-state index contributed by atoms with van der Waals surface area (Å²) in [7, 11) is 3.35. The number of rotatable bonds is 4. The largest absolute Gasteiger partial charge is 0.508 e. The smallest absolute Gasteiger partial charge is 0.120 e. The van der Waals surface area contributed by atoms with Gasteiger partial charge in [-0.2, -0.15) is 0 Å². The summed E-state index contributed by atoms with van der Waals surface area (Å²) in [5, 5.41) is 10.3. The van der Waals surface area contributed by atoms with Gasteiger partial charge in [-0.15, -0.1) is 0 Å². The third-order valence-corrected chi connectivity index (χ3v) is 7.60. The molecular formula is C20H19NO2S3. The van der Waals surface area contributed by atoms with E-state index in [1.54, 1.807) is 26.7 Å². The van der Waals surface area contributed by atoms with E-state index in [-0.39, 0.29) is 0 Å². The summed E-state index contributed by atoms with van der Waals surface area (Å²) in [5.74, 6) is 0.339. The molecule has 0 bridgehead atoms. The molecule has 4 rings (SSSR count). The molecule has 0 saturated carbocycles. The van der Waals surface area contributed by atoms with E-state index in [1.165, 1.54) is 10.4 Å². The number of phenolic OH excluding ortho intramolecular Hbond substituents is 1. The van der Waals surface area contributed by atoms with Crippen LogP contribution < -0.4 is 0 Å². The molecule has 6 heteroatoms. The lowest BCUT2D eigenvalue weighted by Crippen LogP contribution is -2.35. The van der Waals surface area contributed by atoms with Crippen LogP contribution in [0.5, 0.6) is 5.75 Å². The molecule has 0 spiro atoms. The number of morpholine rings is 1. The zero-order valence-electron chi connectivity index (χ0n) is 14.2. The van der Waals surface area contributed by atoms with Gasteiger partial charge in [-0.25, -0.2) is 0 Å². The lowest BCUT2D eigenvalue weighted by Gasteiger charge is -2.27. The van der Waals surface area contributed by atoms with E-state index < -0.39 is 0 Å². The number of phenols is 1. The third-order valence-electron chi connectivity index (χ3n) is 4.53. The fourth-order valence-corrected chi connectivity index (χ4v) is 6.07. The van der Waals surface area contributed by atoms with Crippen molar-refractivity contribution in [2.24, 2.45) is 0 Å². The molecule has 26 heavy (non-hydrogen) atoms. The minimum atomic E-state index is 0.339. The molecule has 1 aliphatic rings. The standard InChI is InChI=1S/C20H19NO2S3/c22-17-7-6-15(12-16(17)13-21-8-10-23-11-9-21)18-19(25-26-20(18)24)14-4-2-1-3-5-14/h1-7,12,22H,8-11,13H2. The maximum atomic E-state index is 10.3. The molecule has 1 fully saturated rings. The molecule has 1 saturated heterocycles. The van der Waals surface area contributed by atoms with Gasteiger partial charge in [-0.1, -0.05) is 69.3 Å². The van der Waals surface area contributed by atoms with Crippen molar-refractivity contribution in [2.75, 3.05) is 26.3 Å². The Labute approximate surface area is 165 Å². The highest BCUT2D eigenvalue weighted by Gasteiger charge is 2.17. The van der Waals surface area contributed by atoms with Gasteiger partial charge in [0.05, 0.1) is 18.1 Å². The first kappa shape index (κ1) is 17.8. The molecule has 3 aromatic rings. The van der Waals surface area contributed by atoms with Crippen LogP contribution in [0.1, 0.15) is 5.56 Å². The maximum absolute atomic E-state index is 10.3. The molecule has 1 aliphatic heterocycles. The van der Waals surface area contributed by atoms with Crippen LogP contribution in [0.25, 0.3) is 21.6 Å². The Morgan fingerprint density at radius 2 is 1.77 bits per heavy atom. The summed E-state index contributed by atoms with van der Waals surface area (Å²) in [4.78, 5) is 3.51. The molecule has 134 valence electrons. The van der Waals surface area contributed by atoms with E-state index in [1.807, 2.05) is 24.3 Å². The van der Waals surface area contributed by atoms with E-state index in [0.717, 1.165) is 53.4 Å². The van der Waals surface area contributed by atoms with Crippen molar-refractivity contribution in [3.8, 4) is 27.3 Å². The summed E-state index contributed by atoms with van der Waals surface area (Å²) in [6, 6.07) is 16.2. The van der Waals surface area contributed by atoms with Crippen molar-refractivity contribution >= 4 is 32.9 Å². The van der Waals surface area contributed by atoms with Gasteiger partial charge in [0.1, 0.15) is 9.57 Å². The van der Waals surface area contributed by atoms with Crippen LogP contribution in [0.15, 0.2) is 48.5 Å². The van der Waals surface area contributed by atoms with Gasteiger partial charge in [0, 0.05) is 30.8 Å². The predicted octanol–water partition coefficient (Wildman–Crippen LogP) is 5.41. The Kier molecular flexibility index (Phi) is 5.47. The summed E-state index contributed by atoms with van der Waals surface area (Å²) in [6.07, 6.45) is 0. The van der Waals surface area contributed by atoms with Crippen molar-refractivity contribution in [1.82, 2.24) is 4.90 Å². The first-order valence-corrected chi connectivity index (χ1v) is 11.1. The van der Waals surface area contributed by atoms with E-state index in [0.29, 0.717) is 5.75 Å². The summed E-state index contributed by atoms with van der Waals surface area (Å²) >= 11 is 5.63. The molecule has 1 N–H and O–H groups in total. The van der Waals surface area contributed by atoms with Crippen LogP contribution in [-0.2, 0) is 11.3 Å². The number of benzene rings is 2. The molecule has 2 aromatic carbocycles. The zero-order chi connectivity index (χ0) is 17.9. The van der Waals surface area contributed by atoms with E-state index in [4.69, 9.17) is 17.0 Å². The fraction of sp³-hybridized carbons (Fsp3) is 0.250. The highest BCUT2D eigenvalue weighted by Crippen LogP contribution is 2.42. The molecule has 1 aromatic heterocycles. The molecule has 0 atom stereocenters. The van der Waals surface area contributed by atoms with E-state index >= 15 is 0 Å². The lowest BCUT2D eigenvalue weighted by atomic mass is 10.0.